The van der Waals surface area contributed by atoms with Crippen molar-refractivity contribution in [1.29, 1.82) is 0 Å². The van der Waals surface area contributed by atoms with Gasteiger partial charge in [0, 0.05) is 19.2 Å². The first-order valence-corrected chi connectivity index (χ1v) is 7.65. The van der Waals surface area contributed by atoms with Crippen LogP contribution in [0, 0.1) is 0 Å². The lowest BCUT2D eigenvalue weighted by atomic mass is 10.2. The molecule has 0 atom stereocenters. The third-order valence-electron chi connectivity index (χ3n) is 4.14. The number of likely N-dealkylation sites (tertiary alicyclic amines) is 1. The Hall–Kier alpha value is -1.88. The van der Waals surface area contributed by atoms with Gasteiger partial charge in [-0.3, -0.25) is 9.69 Å². The van der Waals surface area contributed by atoms with Crippen molar-refractivity contribution in [1.82, 2.24) is 14.5 Å². The Kier molecular flexibility index (Phi) is 3.92. The van der Waals surface area contributed by atoms with E-state index in [9.17, 15) is 4.79 Å². The molecule has 112 valence electrons. The molecule has 2 heterocycles. The average Bonchev–Trinajstić information content (AvgIpc) is 3.08. The molecular weight excluding hydrogens is 264 g/mol. The van der Waals surface area contributed by atoms with Crippen molar-refractivity contribution in [2.45, 2.75) is 32.7 Å². The van der Waals surface area contributed by atoms with Crippen LogP contribution in [0.15, 0.2) is 18.2 Å². The van der Waals surface area contributed by atoms with E-state index in [0.29, 0.717) is 6.42 Å². The summed E-state index contributed by atoms with van der Waals surface area (Å²) in [7, 11) is 2.06. The van der Waals surface area contributed by atoms with Crippen LogP contribution >= 0.6 is 0 Å². The number of benzene rings is 1. The largest absolute Gasteiger partial charge is 0.330 e. The molecule has 1 fully saturated rings. The standard InChI is InChI=1S/C16H22N4O/c1-3-16(21)17-12-6-7-14-13(10-12)18-15(19(14)2)11-20-8-4-5-9-20/h6-7,10H,3-5,8-9,11H2,1-2H3,(H,17,21). The third-order valence-corrected chi connectivity index (χ3v) is 4.14. The number of nitrogens with one attached hydrogen (secondary N) is 1. The van der Waals surface area contributed by atoms with Crippen molar-refractivity contribution in [2.75, 3.05) is 18.4 Å². The minimum absolute atomic E-state index is 0.0302. The Balaban J connectivity index is 1.86. The van der Waals surface area contributed by atoms with E-state index < -0.39 is 0 Å². The number of imidazole rings is 1. The molecular formula is C16H22N4O. The fourth-order valence-electron chi connectivity index (χ4n) is 2.86. The molecule has 5 heteroatoms. The lowest BCUT2D eigenvalue weighted by molar-refractivity contribution is -0.115. The van der Waals surface area contributed by atoms with Gasteiger partial charge >= 0.3 is 0 Å². The summed E-state index contributed by atoms with van der Waals surface area (Å²) in [6.45, 7) is 5.09. The second kappa shape index (κ2) is 5.85. The fraction of sp³-hybridized carbons (Fsp3) is 0.500. The molecule has 0 bridgehead atoms. The van der Waals surface area contributed by atoms with Crippen molar-refractivity contribution in [3.8, 4) is 0 Å². The monoisotopic (exact) mass is 286 g/mol. The molecule has 1 aromatic heterocycles. The fourth-order valence-corrected chi connectivity index (χ4v) is 2.86. The summed E-state index contributed by atoms with van der Waals surface area (Å²) in [5.41, 5.74) is 2.87. The molecule has 0 saturated carbocycles. The number of carbonyl (C=O) groups excluding carboxylic acids is 1. The summed E-state index contributed by atoms with van der Waals surface area (Å²) in [6.07, 6.45) is 3.06. The van der Waals surface area contributed by atoms with Crippen molar-refractivity contribution in [3.63, 3.8) is 0 Å². The van der Waals surface area contributed by atoms with Crippen LogP contribution in [0.3, 0.4) is 0 Å². The summed E-state index contributed by atoms with van der Waals surface area (Å²) in [5, 5.41) is 2.89. The molecule has 21 heavy (non-hydrogen) atoms. The normalized spacial score (nSPS) is 15.7. The Bertz CT molecular complexity index is 656. The van der Waals surface area contributed by atoms with Crippen LogP contribution in [0.2, 0.25) is 0 Å². The highest BCUT2D eigenvalue weighted by Crippen LogP contribution is 2.21. The summed E-state index contributed by atoms with van der Waals surface area (Å²) in [4.78, 5) is 18.7. The summed E-state index contributed by atoms with van der Waals surface area (Å²) < 4.78 is 2.15. The number of nitrogens with zero attached hydrogens (tertiary/aromatic N) is 3. The van der Waals surface area contributed by atoms with Crippen LogP contribution in [-0.4, -0.2) is 33.4 Å². The Labute approximate surface area is 125 Å². The summed E-state index contributed by atoms with van der Waals surface area (Å²) in [6, 6.07) is 5.93. The highest BCUT2D eigenvalue weighted by molar-refractivity contribution is 5.92. The second-order valence-corrected chi connectivity index (χ2v) is 5.68. The number of rotatable bonds is 4. The first kappa shape index (κ1) is 14.1. The lowest BCUT2D eigenvalue weighted by Crippen LogP contribution is -2.20. The molecule has 1 aromatic carbocycles. The number of anilines is 1. The van der Waals surface area contributed by atoms with Crippen LogP contribution < -0.4 is 5.32 Å². The van der Waals surface area contributed by atoms with E-state index in [4.69, 9.17) is 4.98 Å². The smallest absolute Gasteiger partial charge is 0.224 e. The van der Waals surface area contributed by atoms with Crippen molar-refractivity contribution in [2.24, 2.45) is 7.05 Å². The minimum atomic E-state index is 0.0302. The van der Waals surface area contributed by atoms with Gasteiger partial charge in [-0.2, -0.15) is 0 Å². The van der Waals surface area contributed by atoms with Gasteiger partial charge in [0.15, 0.2) is 0 Å². The number of hydrogen-bond donors (Lipinski definition) is 1. The Morgan fingerprint density at radius 3 is 2.81 bits per heavy atom. The maximum atomic E-state index is 11.5. The molecule has 0 spiro atoms. The van der Waals surface area contributed by atoms with Gasteiger partial charge in [0.1, 0.15) is 5.82 Å². The topological polar surface area (TPSA) is 50.2 Å². The molecule has 2 aromatic rings. The molecule has 1 aliphatic rings. The van der Waals surface area contributed by atoms with Crippen LogP contribution in [0.25, 0.3) is 11.0 Å². The third kappa shape index (κ3) is 2.93. The van der Waals surface area contributed by atoms with Crippen LogP contribution in [0.5, 0.6) is 0 Å². The number of aryl methyl sites for hydroxylation is 1. The van der Waals surface area contributed by atoms with Gasteiger partial charge in [-0.25, -0.2) is 4.98 Å². The molecule has 1 N–H and O–H groups in total. The number of carbonyl (C=O) groups is 1. The van der Waals surface area contributed by atoms with Gasteiger partial charge in [-0.15, -0.1) is 0 Å². The highest BCUT2D eigenvalue weighted by atomic mass is 16.1. The quantitative estimate of drug-likeness (QED) is 0.939. The zero-order chi connectivity index (χ0) is 14.8. The SMILES string of the molecule is CCC(=O)Nc1ccc2c(c1)nc(CN1CCCC1)n2C. The number of fused-ring (bicyclic) bond motifs is 1. The number of hydrogen-bond acceptors (Lipinski definition) is 3. The molecule has 1 amide bonds. The zero-order valence-corrected chi connectivity index (χ0v) is 12.7. The van der Waals surface area contributed by atoms with Gasteiger partial charge < -0.3 is 9.88 Å². The van der Waals surface area contributed by atoms with Crippen LogP contribution in [0.1, 0.15) is 32.0 Å². The van der Waals surface area contributed by atoms with E-state index in [1.54, 1.807) is 0 Å². The maximum Gasteiger partial charge on any atom is 0.224 e. The lowest BCUT2D eigenvalue weighted by Gasteiger charge is -2.13. The van der Waals surface area contributed by atoms with Crippen LogP contribution in [0.4, 0.5) is 5.69 Å². The van der Waals surface area contributed by atoms with Crippen molar-refractivity contribution < 1.29 is 4.79 Å². The van der Waals surface area contributed by atoms with Gasteiger partial charge in [0.2, 0.25) is 5.91 Å². The minimum Gasteiger partial charge on any atom is -0.330 e. The van der Waals surface area contributed by atoms with E-state index in [1.165, 1.54) is 25.9 Å². The molecule has 0 unspecified atom stereocenters. The molecule has 0 aliphatic carbocycles. The second-order valence-electron chi connectivity index (χ2n) is 5.68. The number of aromatic nitrogens is 2. The predicted octanol–water partition coefficient (Wildman–Crippen LogP) is 2.52. The Morgan fingerprint density at radius 1 is 1.33 bits per heavy atom. The van der Waals surface area contributed by atoms with Gasteiger partial charge in [-0.05, 0) is 44.1 Å². The van der Waals surface area contributed by atoms with Gasteiger partial charge in [-0.1, -0.05) is 6.92 Å². The zero-order valence-electron chi connectivity index (χ0n) is 12.7. The average molecular weight is 286 g/mol. The van der Waals surface area contributed by atoms with Gasteiger partial charge in [0.25, 0.3) is 0 Å². The highest BCUT2D eigenvalue weighted by Gasteiger charge is 2.16. The maximum absolute atomic E-state index is 11.5. The van der Waals surface area contributed by atoms with E-state index >= 15 is 0 Å². The number of amides is 1. The van der Waals surface area contributed by atoms with Crippen molar-refractivity contribution in [3.05, 3.63) is 24.0 Å². The predicted molar refractivity (Wildman–Crippen MR) is 84.1 cm³/mol. The van der Waals surface area contributed by atoms with Gasteiger partial charge in [0.05, 0.1) is 17.6 Å². The van der Waals surface area contributed by atoms with E-state index in [2.05, 4.69) is 21.8 Å². The molecule has 3 rings (SSSR count). The molecule has 1 aliphatic heterocycles. The summed E-state index contributed by atoms with van der Waals surface area (Å²) >= 11 is 0. The van der Waals surface area contributed by atoms with Crippen LogP contribution in [-0.2, 0) is 18.4 Å². The molecule has 0 radical (unpaired) electrons. The van der Waals surface area contributed by atoms with E-state index in [1.807, 2.05) is 25.1 Å². The van der Waals surface area contributed by atoms with E-state index in [0.717, 1.165) is 29.1 Å². The molecule has 1 saturated heterocycles. The first-order valence-electron chi connectivity index (χ1n) is 7.65. The van der Waals surface area contributed by atoms with E-state index in [-0.39, 0.29) is 5.91 Å². The summed E-state index contributed by atoms with van der Waals surface area (Å²) in [5.74, 6) is 1.12. The van der Waals surface area contributed by atoms with Crippen molar-refractivity contribution >= 4 is 22.6 Å². The molecule has 5 nitrogen and oxygen atoms in total. The first-order chi connectivity index (χ1) is 10.2. The Morgan fingerprint density at radius 2 is 2.10 bits per heavy atom.